The molecule has 0 saturated carbocycles. The third-order valence-corrected chi connectivity index (χ3v) is 2.43. The van der Waals surface area contributed by atoms with Gasteiger partial charge in [-0.05, 0) is 17.5 Å². The van der Waals surface area contributed by atoms with Crippen molar-refractivity contribution < 1.29 is 9.90 Å². The lowest BCUT2D eigenvalue weighted by atomic mass is 10.0. The van der Waals surface area contributed by atoms with Gasteiger partial charge >= 0.3 is 0 Å². The number of rotatable bonds is 3. The van der Waals surface area contributed by atoms with E-state index in [1.54, 1.807) is 12.1 Å². The molecule has 0 heterocycles. The van der Waals surface area contributed by atoms with Crippen molar-refractivity contribution in [1.82, 2.24) is 0 Å². The van der Waals surface area contributed by atoms with E-state index in [1.807, 2.05) is 18.2 Å². The Morgan fingerprint density at radius 2 is 2.00 bits per heavy atom. The molecule has 0 amide bonds. The Labute approximate surface area is 91.4 Å². The highest BCUT2D eigenvalue weighted by molar-refractivity contribution is 9.11. The fourth-order valence-corrected chi connectivity index (χ4v) is 1.72. The second kappa shape index (κ2) is 5.08. The Morgan fingerprint density at radius 1 is 1.43 bits per heavy atom. The summed E-state index contributed by atoms with van der Waals surface area (Å²) >= 11 is 3.07. The van der Waals surface area contributed by atoms with E-state index in [1.165, 1.54) is 11.9 Å². The number of carbonyl (C=O) groups excluding carboxylic acids is 1. The molecule has 2 nitrogen and oxygen atoms in total. The molecule has 0 aromatic heterocycles. The Balaban J connectivity index is 2.96. The molecule has 1 aromatic rings. The molecule has 0 aliphatic heterocycles. The molecule has 1 rings (SSSR count). The molecule has 1 atom stereocenters. The van der Waals surface area contributed by atoms with Crippen LogP contribution >= 0.6 is 15.9 Å². The number of benzene rings is 1. The summed E-state index contributed by atoms with van der Waals surface area (Å²) in [6, 6.07) is 9.07. The largest absolute Gasteiger partial charge is 0.384 e. The van der Waals surface area contributed by atoms with Crippen LogP contribution in [-0.2, 0) is 4.79 Å². The van der Waals surface area contributed by atoms with Gasteiger partial charge in [-0.2, -0.15) is 0 Å². The zero-order chi connectivity index (χ0) is 10.6. The fourth-order valence-electron chi connectivity index (χ4n) is 1.14. The lowest BCUT2D eigenvalue weighted by Gasteiger charge is -2.11. The second-order valence-corrected chi connectivity index (χ2v) is 3.39. The Bertz CT molecular complexity index is 344. The van der Waals surface area contributed by atoms with Crippen LogP contribution < -0.4 is 0 Å². The lowest BCUT2D eigenvalue weighted by Crippen LogP contribution is -2.07. The van der Waals surface area contributed by atoms with Gasteiger partial charge in [-0.3, -0.25) is 4.79 Å². The van der Waals surface area contributed by atoms with Crippen LogP contribution in [0.15, 0.2) is 40.9 Å². The average molecular weight is 255 g/mol. The van der Waals surface area contributed by atoms with Crippen LogP contribution in [0.25, 0.3) is 0 Å². The standard InChI is InChI=1S/C11H11BrO2/c1-8(13)10(7-12)11(14)9-5-3-2-4-6-9/h2-7,11,14H,1H3/b10-7-. The van der Waals surface area contributed by atoms with Crippen LogP contribution in [0.2, 0.25) is 0 Å². The number of Topliss-reactive ketones (excluding diaryl/α,β-unsaturated/α-hetero) is 1. The van der Waals surface area contributed by atoms with Crippen LogP contribution in [0.5, 0.6) is 0 Å². The predicted octanol–water partition coefficient (Wildman–Crippen LogP) is 2.59. The topological polar surface area (TPSA) is 37.3 Å². The number of carbonyl (C=O) groups is 1. The minimum atomic E-state index is -0.854. The average Bonchev–Trinajstić information content (AvgIpc) is 2.19. The number of halogens is 1. The van der Waals surface area contributed by atoms with E-state index < -0.39 is 6.10 Å². The highest BCUT2D eigenvalue weighted by Gasteiger charge is 2.16. The molecule has 0 aliphatic carbocycles. The van der Waals surface area contributed by atoms with Crippen molar-refractivity contribution in [3.8, 4) is 0 Å². The maximum absolute atomic E-state index is 11.1. The molecule has 0 bridgehead atoms. The molecule has 1 N–H and O–H groups in total. The van der Waals surface area contributed by atoms with Crippen molar-refractivity contribution in [2.45, 2.75) is 13.0 Å². The first-order valence-electron chi connectivity index (χ1n) is 4.21. The number of hydrogen-bond acceptors (Lipinski definition) is 2. The molecule has 0 spiro atoms. The molecule has 0 saturated heterocycles. The molecule has 0 fully saturated rings. The van der Waals surface area contributed by atoms with Crippen LogP contribution in [-0.4, -0.2) is 10.9 Å². The molecule has 0 aliphatic rings. The van der Waals surface area contributed by atoms with Gasteiger partial charge in [0.1, 0.15) is 6.10 Å². The molecular formula is C11H11BrO2. The van der Waals surface area contributed by atoms with E-state index in [2.05, 4.69) is 15.9 Å². The van der Waals surface area contributed by atoms with Gasteiger partial charge in [-0.15, -0.1) is 0 Å². The van der Waals surface area contributed by atoms with Gasteiger partial charge in [0.2, 0.25) is 0 Å². The minimum Gasteiger partial charge on any atom is -0.384 e. The van der Waals surface area contributed by atoms with E-state index in [9.17, 15) is 9.90 Å². The quantitative estimate of drug-likeness (QED) is 0.843. The summed E-state index contributed by atoms with van der Waals surface area (Å²) < 4.78 is 0. The Kier molecular flexibility index (Phi) is 4.04. The highest BCUT2D eigenvalue weighted by Crippen LogP contribution is 2.22. The van der Waals surface area contributed by atoms with Crippen molar-refractivity contribution in [2.24, 2.45) is 0 Å². The number of aliphatic hydroxyl groups excluding tert-OH is 1. The Morgan fingerprint density at radius 3 is 2.43 bits per heavy atom. The number of ketones is 1. The first-order valence-corrected chi connectivity index (χ1v) is 5.12. The van der Waals surface area contributed by atoms with Gasteiger partial charge in [0.05, 0.1) is 0 Å². The van der Waals surface area contributed by atoms with Crippen molar-refractivity contribution in [3.05, 3.63) is 46.5 Å². The summed E-state index contributed by atoms with van der Waals surface area (Å²) in [5.41, 5.74) is 1.07. The summed E-state index contributed by atoms with van der Waals surface area (Å²) in [6.45, 7) is 1.43. The van der Waals surface area contributed by atoms with E-state index in [0.29, 0.717) is 11.1 Å². The molecule has 3 heteroatoms. The highest BCUT2D eigenvalue weighted by atomic mass is 79.9. The van der Waals surface area contributed by atoms with E-state index in [-0.39, 0.29) is 5.78 Å². The van der Waals surface area contributed by atoms with E-state index in [0.717, 1.165) is 0 Å². The first kappa shape index (κ1) is 11.1. The summed E-state index contributed by atoms with van der Waals surface area (Å²) in [4.78, 5) is 12.6. The van der Waals surface area contributed by atoms with Crippen molar-refractivity contribution in [1.29, 1.82) is 0 Å². The van der Waals surface area contributed by atoms with Crippen LogP contribution in [0.4, 0.5) is 0 Å². The number of hydrogen-bond donors (Lipinski definition) is 1. The van der Waals surface area contributed by atoms with E-state index >= 15 is 0 Å². The number of aliphatic hydroxyl groups is 1. The van der Waals surface area contributed by atoms with Gasteiger partial charge in [-0.1, -0.05) is 46.3 Å². The molecule has 1 aromatic carbocycles. The van der Waals surface area contributed by atoms with Crippen molar-refractivity contribution in [2.75, 3.05) is 0 Å². The van der Waals surface area contributed by atoms with Gasteiger partial charge in [0.15, 0.2) is 5.78 Å². The van der Waals surface area contributed by atoms with Crippen LogP contribution in [0.1, 0.15) is 18.6 Å². The van der Waals surface area contributed by atoms with Crippen LogP contribution in [0.3, 0.4) is 0 Å². The molecule has 74 valence electrons. The molecule has 0 radical (unpaired) electrons. The van der Waals surface area contributed by atoms with Crippen molar-refractivity contribution >= 4 is 21.7 Å². The lowest BCUT2D eigenvalue weighted by molar-refractivity contribution is -0.114. The zero-order valence-electron chi connectivity index (χ0n) is 7.77. The van der Waals surface area contributed by atoms with E-state index in [4.69, 9.17) is 0 Å². The molecular weight excluding hydrogens is 244 g/mol. The maximum atomic E-state index is 11.1. The first-order chi connectivity index (χ1) is 6.66. The van der Waals surface area contributed by atoms with Crippen LogP contribution in [0, 0.1) is 0 Å². The predicted molar refractivity (Wildman–Crippen MR) is 59.1 cm³/mol. The summed E-state index contributed by atoms with van der Waals surface area (Å²) in [6.07, 6.45) is -0.854. The SMILES string of the molecule is CC(=O)/C(=C/Br)C(O)c1ccccc1. The molecule has 14 heavy (non-hydrogen) atoms. The van der Waals surface area contributed by atoms with Gasteiger partial charge in [0.25, 0.3) is 0 Å². The van der Waals surface area contributed by atoms with Gasteiger partial charge in [0, 0.05) is 5.57 Å². The zero-order valence-corrected chi connectivity index (χ0v) is 9.36. The summed E-state index contributed by atoms with van der Waals surface area (Å²) in [5, 5.41) is 9.83. The second-order valence-electron chi connectivity index (χ2n) is 2.93. The monoisotopic (exact) mass is 254 g/mol. The summed E-state index contributed by atoms with van der Waals surface area (Å²) in [5.74, 6) is -0.141. The normalized spacial score (nSPS) is 13.8. The van der Waals surface area contributed by atoms with Gasteiger partial charge in [-0.25, -0.2) is 0 Å². The third kappa shape index (κ3) is 2.53. The minimum absolute atomic E-state index is 0.141. The molecule has 1 unspecified atom stereocenters. The third-order valence-electron chi connectivity index (χ3n) is 1.93. The smallest absolute Gasteiger partial charge is 0.159 e. The maximum Gasteiger partial charge on any atom is 0.159 e. The summed E-state index contributed by atoms with van der Waals surface area (Å²) in [7, 11) is 0. The fraction of sp³-hybridized carbons (Fsp3) is 0.182. The Hall–Kier alpha value is -0.930. The van der Waals surface area contributed by atoms with Gasteiger partial charge < -0.3 is 5.11 Å². The van der Waals surface area contributed by atoms with Crippen molar-refractivity contribution in [3.63, 3.8) is 0 Å².